The Morgan fingerprint density at radius 2 is 2.10 bits per heavy atom. The average Bonchev–Trinajstić information content (AvgIpc) is 2.72. The Morgan fingerprint density at radius 1 is 1.40 bits per heavy atom. The van der Waals surface area contributed by atoms with Crippen LogP contribution in [0.1, 0.15) is 16.6 Å². The SMILES string of the molecule is CCN(CC(N)=O)C(=O)c1sc2ccc(F)cc2c1N. The van der Waals surface area contributed by atoms with E-state index in [-0.39, 0.29) is 18.1 Å². The Kier molecular flexibility index (Phi) is 3.89. The van der Waals surface area contributed by atoms with Gasteiger partial charge in [0, 0.05) is 16.6 Å². The molecular weight excluding hydrogens is 281 g/mol. The summed E-state index contributed by atoms with van der Waals surface area (Å²) >= 11 is 1.18. The van der Waals surface area contributed by atoms with Crippen molar-refractivity contribution in [3.05, 3.63) is 28.9 Å². The molecule has 2 aromatic rings. The quantitative estimate of drug-likeness (QED) is 0.897. The Morgan fingerprint density at radius 3 is 2.70 bits per heavy atom. The van der Waals surface area contributed by atoms with Gasteiger partial charge in [-0.3, -0.25) is 9.59 Å². The number of likely N-dealkylation sites (N-methyl/N-ethyl adjacent to an activating group) is 1. The van der Waals surface area contributed by atoms with Gasteiger partial charge >= 0.3 is 0 Å². The molecule has 5 nitrogen and oxygen atoms in total. The molecule has 0 spiro atoms. The number of thiophene rings is 1. The topological polar surface area (TPSA) is 89.4 Å². The van der Waals surface area contributed by atoms with Crippen LogP contribution in [0.15, 0.2) is 18.2 Å². The Labute approximate surface area is 119 Å². The van der Waals surface area contributed by atoms with Crippen molar-refractivity contribution in [2.75, 3.05) is 18.8 Å². The fourth-order valence-electron chi connectivity index (χ4n) is 1.91. The Balaban J connectivity index is 2.44. The van der Waals surface area contributed by atoms with Crippen molar-refractivity contribution in [1.29, 1.82) is 0 Å². The van der Waals surface area contributed by atoms with Crippen LogP contribution in [0.5, 0.6) is 0 Å². The molecule has 106 valence electrons. The maximum Gasteiger partial charge on any atom is 0.266 e. The first kappa shape index (κ1) is 14.3. The van der Waals surface area contributed by atoms with Crippen LogP contribution in [0.2, 0.25) is 0 Å². The second-order valence-electron chi connectivity index (χ2n) is 4.27. The zero-order chi connectivity index (χ0) is 14.9. The third-order valence-electron chi connectivity index (χ3n) is 2.90. The van der Waals surface area contributed by atoms with Gasteiger partial charge in [0.15, 0.2) is 0 Å². The largest absolute Gasteiger partial charge is 0.397 e. The number of halogens is 1. The number of benzene rings is 1. The first-order valence-corrected chi connectivity index (χ1v) is 6.80. The molecule has 0 atom stereocenters. The molecule has 1 aromatic heterocycles. The van der Waals surface area contributed by atoms with Crippen LogP contribution in [-0.2, 0) is 4.79 Å². The molecule has 7 heteroatoms. The summed E-state index contributed by atoms with van der Waals surface area (Å²) in [5, 5.41) is 0.508. The molecule has 0 radical (unpaired) electrons. The van der Waals surface area contributed by atoms with Crippen molar-refractivity contribution in [2.45, 2.75) is 6.92 Å². The van der Waals surface area contributed by atoms with E-state index < -0.39 is 11.7 Å². The van der Waals surface area contributed by atoms with Crippen molar-refractivity contribution in [2.24, 2.45) is 5.73 Å². The molecule has 1 aromatic carbocycles. The predicted molar refractivity (Wildman–Crippen MR) is 77.0 cm³/mol. The molecule has 0 saturated heterocycles. The van der Waals surface area contributed by atoms with Gasteiger partial charge in [0.2, 0.25) is 5.91 Å². The van der Waals surface area contributed by atoms with Crippen molar-refractivity contribution in [3.8, 4) is 0 Å². The van der Waals surface area contributed by atoms with Gasteiger partial charge in [-0.25, -0.2) is 4.39 Å². The van der Waals surface area contributed by atoms with Crippen molar-refractivity contribution in [1.82, 2.24) is 4.90 Å². The van der Waals surface area contributed by atoms with E-state index in [4.69, 9.17) is 11.5 Å². The lowest BCUT2D eigenvalue weighted by Gasteiger charge is -2.18. The summed E-state index contributed by atoms with van der Waals surface area (Å²) in [6.07, 6.45) is 0. The van der Waals surface area contributed by atoms with E-state index in [1.807, 2.05) is 0 Å². The van der Waals surface area contributed by atoms with E-state index in [0.29, 0.717) is 16.8 Å². The molecular formula is C13H14FN3O2S. The second-order valence-corrected chi connectivity index (χ2v) is 5.32. The lowest BCUT2D eigenvalue weighted by atomic mass is 10.2. The van der Waals surface area contributed by atoms with Crippen LogP contribution in [-0.4, -0.2) is 29.8 Å². The molecule has 0 unspecified atom stereocenters. The second kappa shape index (κ2) is 5.46. The van der Waals surface area contributed by atoms with Gasteiger partial charge in [-0.1, -0.05) is 0 Å². The molecule has 0 aliphatic heterocycles. The summed E-state index contributed by atoms with van der Waals surface area (Å²) in [6, 6.07) is 4.18. The number of anilines is 1. The summed E-state index contributed by atoms with van der Waals surface area (Å²) in [5.41, 5.74) is 11.3. The highest BCUT2D eigenvalue weighted by Gasteiger charge is 2.22. The molecule has 0 fully saturated rings. The number of hydrogen-bond acceptors (Lipinski definition) is 4. The number of carbonyl (C=O) groups excluding carboxylic acids is 2. The summed E-state index contributed by atoms with van der Waals surface area (Å²) in [7, 11) is 0. The van der Waals surface area contributed by atoms with Gasteiger partial charge in [0.1, 0.15) is 10.7 Å². The fourth-order valence-corrected chi connectivity index (χ4v) is 2.98. The van der Waals surface area contributed by atoms with Gasteiger partial charge in [-0.05, 0) is 25.1 Å². The number of amides is 2. The average molecular weight is 295 g/mol. The van der Waals surface area contributed by atoms with Crippen LogP contribution >= 0.6 is 11.3 Å². The van der Waals surface area contributed by atoms with Gasteiger partial charge in [0.25, 0.3) is 5.91 Å². The maximum absolute atomic E-state index is 13.2. The Hall–Kier alpha value is -2.15. The predicted octanol–water partition coefficient (Wildman–Crippen LogP) is 1.57. The number of nitrogens with zero attached hydrogens (tertiary/aromatic N) is 1. The minimum Gasteiger partial charge on any atom is -0.397 e. The number of hydrogen-bond donors (Lipinski definition) is 2. The third-order valence-corrected chi connectivity index (χ3v) is 4.07. The molecule has 2 amide bonds. The molecule has 4 N–H and O–H groups in total. The van der Waals surface area contributed by atoms with Gasteiger partial charge < -0.3 is 16.4 Å². The summed E-state index contributed by atoms with van der Waals surface area (Å²) in [4.78, 5) is 24.9. The first-order valence-electron chi connectivity index (χ1n) is 5.99. The minimum atomic E-state index is -0.592. The number of nitrogen functional groups attached to an aromatic ring is 1. The molecule has 0 aliphatic carbocycles. The molecule has 0 aliphatic rings. The van der Waals surface area contributed by atoms with Crippen molar-refractivity contribution < 1.29 is 14.0 Å². The number of nitrogens with two attached hydrogens (primary N) is 2. The number of primary amides is 1. The van der Waals surface area contributed by atoms with Crippen molar-refractivity contribution >= 4 is 38.9 Å². The maximum atomic E-state index is 13.2. The molecule has 0 bridgehead atoms. The van der Waals surface area contributed by atoms with Gasteiger partial charge in [0.05, 0.1) is 12.2 Å². The molecule has 2 rings (SSSR count). The minimum absolute atomic E-state index is 0.169. The monoisotopic (exact) mass is 295 g/mol. The molecule has 0 saturated carbocycles. The van der Waals surface area contributed by atoms with E-state index in [2.05, 4.69) is 0 Å². The highest BCUT2D eigenvalue weighted by Crippen LogP contribution is 2.34. The zero-order valence-electron chi connectivity index (χ0n) is 10.9. The number of rotatable bonds is 4. The van der Waals surface area contributed by atoms with Crippen LogP contribution in [0.25, 0.3) is 10.1 Å². The summed E-state index contributed by atoms with van der Waals surface area (Å²) in [5.74, 6) is -1.37. The van der Waals surface area contributed by atoms with Gasteiger partial charge in [-0.2, -0.15) is 0 Å². The highest BCUT2D eigenvalue weighted by molar-refractivity contribution is 7.21. The normalized spacial score (nSPS) is 10.7. The van der Waals surface area contributed by atoms with E-state index >= 15 is 0 Å². The molecule has 20 heavy (non-hydrogen) atoms. The van der Waals surface area contributed by atoms with Crippen LogP contribution in [0.4, 0.5) is 10.1 Å². The van der Waals surface area contributed by atoms with Crippen LogP contribution in [0, 0.1) is 5.82 Å². The van der Waals surface area contributed by atoms with Crippen LogP contribution in [0.3, 0.4) is 0 Å². The summed E-state index contributed by atoms with van der Waals surface area (Å²) in [6.45, 7) is 1.91. The fraction of sp³-hybridized carbons (Fsp3) is 0.231. The highest BCUT2D eigenvalue weighted by atomic mass is 32.1. The number of carbonyl (C=O) groups is 2. The third kappa shape index (κ3) is 2.57. The first-order chi connectivity index (χ1) is 9.43. The van der Waals surface area contributed by atoms with E-state index in [9.17, 15) is 14.0 Å². The number of fused-ring (bicyclic) bond motifs is 1. The molecule has 1 heterocycles. The zero-order valence-corrected chi connectivity index (χ0v) is 11.7. The lowest BCUT2D eigenvalue weighted by molar-refractivity contribution is -0.118. The Bertz CT molecular complexity index is 684. The van der Waals surface area contributed by atoms with Crippen molar-refractivity contribution in [3.63, 3.8) is 0 Å². The van der Waals surface area contributed by atoms with E-state index in [1.54, 1.807) is 13.0 Å². The van der Waals surface area contributed by atoms with Gasteiger partial charge in [-0.15, -0.1) is 11.3 Å². The standard InChI is InChI=1S/C13H14FN3O2S/c1-2-17(6-10(15)18)13(19)12-11(16)8-5-7(14)3-4-9(8)20-12/h3-5H,2,6,16H2,1H3,(H2,15,18). The van der Waals surface area contributed by atoms with E-state index in [1.165, 1.54) is 28.4 Å². The van der Waals surface area contributed by atoms with E-state index in [0.717, 1.165) is 4.70 Å². The lowest BCUT2D eigenvalue weighted by Crippen LogP contribution is -2.38. The summed E-state index contributed by atoms with van der Waals surface area (Å²) < 4.78 is 13.9. The smallest absolute Gasteiger partial charge is 0.266 e. The van der Waals surface area contributed by atoms with Crippen LogP contribution < -0.4 is 11.5 Å².